The fraction of sp³-hybridized carbons (Fsp3) is 0.250. The van der Waals surface area contributed by atoms with Gasteiger partial charge in [0.15, 0.2) is 0 Å². The van der Waals surface area contributed by atoms with Crippen LogP contribution in [-0.4, -0.2) is 15.5 Å². The number of rotatable bonds is 3. The molecule has 0 aliphatic carbocycles. The van der Waals surface area contributed by atoms with E-state index in [1.54, 1.807) is 6.07 Å². The molecule has 0 bridgehead atoms. The van der Waals surface area contributed by atoms with Crippen molar-refractivity contribution in [2.75, 3.05) is 11.8 Å². The van der Waals surface area contributed by atoms with Crippen LogP contribution in [0.3, 0.4) is 0 Å². The largest absolute Gasteiger partial charge is 0.298 e. The summed E-state index contributed by atoms with van der Waals surface area (Å²) in [5.41, 5.74) is 1.53. The highest BCUT2D eigenvalue weighted by Gasteiger charge is 2.08. The number of hydrogen-bond acceptors (Lipinski definition) is 2. The Labute approximate surface area is 97.4 Å². The molecule has 0 saturated heterocycles. The second-order valence-corrected chi connectivity index (χ2v) is 5.50. The van der Waals surface area contributed by atoms with E-state index in [1.165, 1.54) is 7.05 Å². The maximum absolute atomic E-state index is 11.2. The van der Waals surface area contributed by atoms with Crippen molar-refractivity contribution in [1.29, 1.82) is 0 Å². The van der Waals surface area contributed by atoms with E-state index in [0.717, 1.165) is 9.13 Å². The molecule has 0 aromatic heterocycles. The van der Waals surface area contributed by atoms with Gasteiger partial charge in [-0.25, -0.2) is 4.72 Å². The lowest BCUT2D eigenvalue weighted by molar-refractivity contribution is 0.593. The minimum absolute atomic E-state index is 0.603. The van der Waals surface area contributed by atoms with E-state index in [1.807, 2.05) is 19.1 Å². The van der Waals surface area contributed by atoms with Gasteiger partial charge in [0.05, 0.1) is 5.69 Å². The van der Waals surface area contributed by atoms with Gasteiger partial charge in [-0.1, -0.05) is 6.07 Å². The summed E-state index contributed by atoms with van der Waals surface area (Å²) in [5.74, 6) is 0. The first-order valence-corrected chi connectivity index (χ1v) is 6.49. The average Bonchev–Trinajstić information content (AvgIpc) is 2.13. The molecule has 0 spiro atoms. The first-order valence-electron chi connectivity index (χ1n) is 3.92. The van der Waals surface area contributed by atoms with Crippen molar-refractivity contribution < 1.29 is 8.42 Å². The number of hydrogen-bond donors (Lipinski definition) is 2. The lowest BCUT2D eigenvalue weighted by atomic mass is 10.2. The molecule has 0 radical (unpaired) electrons. The number of halogens is 1. The zero-order valence-electron chi connectivity index (χ0n) is 7.83. The Balaban J connectivity index is 3.05. The van der Waals surface area contributed by atoms with Crippen LogP contribution < -0.4 is 9.44 Å². The van der Waals surface area contributed by atoms with Crippen molar-refractivity contribution in [3.05, 3.63) is 27.3 Å². The van der Waals surface area contributed by atoms with Gasteiger partial charge in [0, 0.05) is 10.6 Å². The molecule has 0 aliphatic rings. The van der Waals surface area contributed by atoms with Crippen molar-refractivity contribution >= 4 is 38.5 Å². The second-order valence-electron chi connectivity index (χ2n) is 2.72. The molecule has 2 N–H and O–H groups in total. The van der Waals surface area contributed by atoms with E-state index in [2.05, 4.69) is 32.0 Å². The van der Waals surface area contributed by atoms with Gasteiger partial charge in [0.25, 0.3) is 10.2 Å². The van der Waals surface area contributed by atoms with E-state index in [0.29, 0.717) is 5.69 Å². The number of nitrogens with one attached hydrogen (secondary N) is 2. The third kappa shape index (κ3) is 2.82. The first-order chi connectivity index (χ1) is 6.46. The van der Waals surface area contributed by atoms with Crippen LogP contribution in [-0.2, 0) is 10.2 Å². The summed E-state index contributed by atoms with van der Waals surface area (Å²) in [4.78, 5) is 0. The lowest BCUT2D eigenvalue weighted by Gasteiger charge is -2.10. The molecular weight excluding hydrogens is 315 g/mol. The van der Waals surface area contributed by atoms with Crippen molar-refractivity contribution in [3.63, 3.8) is 0 Å². The van der Waals surface area contributed by atoms with Crippen molar-refractivity contribution in [2.24, 2.45) is 0 Å². The quantitative estimate of drug-likeness (QED) is 0.827. The highest BCUT2D eigenvalue weighted by atomic mass is 127. The van der Waals surface area contributed by atoms with Crippen LogP contribution in [0.2, 0.25) is 0 Å². The van der Waals surface area contributed by atoms with Crippen LogP contribution in [0.4, 0.5) is 5.69 Å². The molecule has 0 heterocycles. The standard InChI is InChI=1S/C8H11IN2O2S/c1-6-7(9)4-3-5-8(6)11-14(12,13)10-2/h3-5,10-11H,1-2H3. The van der Waals surface area contributed by atoms with E-state index in [9.17, 15) is 8.42 Å². The Morgan fingerprint density at radius 1 is 1.36 bits per heavy atom. The van der Waals surface area contributed by atoms with Crippen LogP contribution in [0.1, 0.15) is 5.56 Å². The Kier molecular flexibility index (Phi) is 3.73. The molecule has 1 rings (SSSR count). The van der Waals surface area contributed by atoms with E-state index >= 15 is 0 Å². The third-order valence-corrected chi connectivity index (χ3v) is 3.98. The Morgan fingerprint density at radius 3 is 2.57 bits per heavy atom. The van der Waals surface area contributed by atoms with Crippen molar-refractivity contribution in [2.45, 2.75) is 6.92 Å². The van der Waals surface area contributed by atoms with Crippen LogP contribution in [0.25, 0.3) is 0 Å². The molecule has 0 aliphatic heterocycles. The normalized spacial score (nSPS) is 11.4. The summed E-state index contributed by atoms with van der Waals surface area (Å²) in [6.07, 6.45) is 0. The van der Waals surface area contributed by atoms with E-state index < -0.39 is 10.2 Å². The Morgan fingerprint density at radius 2 is 2.00 bits per heavy atom. The van der Waals surface area contributed by atoms with Crippen LogP contribution in [0, 0.1) is 10.5 Å². The Hall–Kier alpha value is -0.340. The van der Waals surface area contributed by atoms with Crippen LogP contribution in [0.5, 0.6) is 0 Å². The molecule has 0 fully saturated rings. The molecule has 4 nitrogen and oxygen atoms in total. The zero-order valence-corrected chi connectivity index (χ0v) is 10.8. The fourth-order valence-electron chi connectivity index (χ4n) is 0.914. The van der Waals surface area contributed by atoms with Gasteiger partial charge in [-0.15, -0.1) is 0 Å². The molecule has 1 aromatic rings. The molecule has 14 heavy (non-hydrogen) atoms. The zero-order chi connectivity index (χ0) is 10.8. The SMILES string of the molecule is CNS(=O)(=O)Nc1cccc(I)c1C. The van der Waals surface area contributed by atoms with E-state index in [4.69, 9.17) is 0 Å². The van der Waals surface area contributed by atoms with Gasteiger partial charge < -0.3 is 0 Å². The van der Waals surface area contributed by atoms with Gasteiger partial charge in [-0.2, -0.15) is 8.42 Å². The van der Waals surface area contributed by atoms with E-state index in [-0.39, 0.29) is 0 Å². The molecule has 78 valence electrons. The fourth-order valence-corrected chi connectivity index (χ4v) is 2.02. The van der Waals surface area contributed by atoms with Gasteiger partial charge in [-0.05, 0) is 47.2 Å². The maximum atomic E-state index is 11.2. The van der Waals surface area contributed by atoms with Crippen molar-refractivity contribution in [1.82, 2.24) is 4.72 Å². The predicted octanol–water partition coefficient (Wildman–Crippen LogP) is 1.48. The first kappa shape index (κ1) is 11.7. The van der Waals surface area contributed by atoms with Gasteiger partial charge in [0.2, 0.25) is 0 Å². The van der Waals surface area contributed by atoms with Crippen LogP contribution in [0.15, 0.2) is 18.2 Å². The monoisotopic (exact) mass is 326 g/mol. The summed E-state index contributed by atoms with van der Waals surface area (Å²) in [5, 5.41) is 0. The van der Waals surface area contributed by atoms with Crippen LogP contribution >= 0.6 is 22.6 Å². The van der Waals surface area contributed by atoms with Gasteiger partial charge in [0.1, 0.15) is 0 Å². The molecular formula is C8H11IN2O2S. The topological polar surface area (TPSA) is 58.2 Å². The molecule has 0 atom stereocenters. The van der Waals surface area contributed by atoms with Gasteiger partial charge >= 0.3 is 0 Å². The maximum Gasteiger partial charge on any atom is 0.298 e. The highest BCUT2D eigenvalue weighted by Crippen LogP contribution is 2.20. The minimum atomic E-state index is -3.42. The average molecular weight is 326 g/mol. The smallest absolute Gasteiger partial charge is 0.271 e. The predicted molar refractivity (Wildman–Crippen MR) is 65.5 cm³/mol. The third-order valence-electron chi connectivity index (χ3n) is 1.78. The molecule has 0 saturated carbocycles. The number of anilines is 1. The molecule has 1 aromatic carbocycles. The highest BCUT2D eigenvalue weighted by molar-refractivity contribution is 14.1. The summed E-state index contributed by atoms with van der Waals surface area (Å²) in [7, 11) is -2.05. The summed E-state index contributed by atoms with van der Waals surface area (Å²) in [6, 6.07) is 5.46. The molecule has 0 amide bonds. The lowest BCUT2D eigenvalue weighted by Crippen LogP contribution is -2.26. The summed E-state index contributed by atoms with van der Waals surface area (Å²) in [6.45, 7) is 1.87. The van der Waals surface area contributed by atoms with Crippen molar-refractivity contribution in [3.8, 4) is 0 Å². The molecule has 0 unspecified atom stereocenters. The second kappa shape index (κ2) is 4.45. The summed E-state index contributed by atoms with van der Waals surface area (Å²) < 4.78 is 28.1. The Bertz CT molecular complexity index is 431. The molecule has 6 heteroatoms. The minimum Gasteiger partial charge on any atom is -0.271 e. The summed E-state index contributed by atoms with van der Waals surface area (Å²) >= 11 is 2.16. The van der Waals surface area contributed by atoms with Gasteiger partial charge in [-0.3, -0.25) is 4.72 Å². The number of benzene rings is 1.